The van der Waals surface area contributed by atoms with Crippen molar-refractivity contribution >= 4 is 23.3 Å². The van der Waals surface area contributed by atoms with Gasteiger partial charge in [-0.2, -0.15) is 10.2 Å². The molecule has 2 aromatic rings. The van der Waals surface area contributed by atoms with Crippen LogP contribution in [0.2, 0.25) is 0 Å². The number of carboxylic acid groups (broad SMARTS) is 2. The number of rotatable bonds is 5. The van der Waals surface area contributed by atoms with Gasteiger partial charge in [0.15, 0.2) is 0 Å². The first kappa shape index (κ1) is 15.2. The second-order valence-electron chi connectivity index (χ2n) is 4.44. The Morgan fingerprint density at radius 1 is 0.909 bits per heavy atom. The molecule has 0 saturated carbocycles. The van der Waals surface area contributed by atoms with Crippen LogP contribution in [0.3, 0.4) is 0 Å². The van der Waals surface area contributed by atoms with Crippen molar-refractivity contribution in [2.24, 2.45) is 10.2 Å². The molecule has 7 heteroatoms. The average Bonchev–Trinajstić information content (AvgIpc) is 2.47. The molecule has 2 aromatic carbocycles. The zero-order valence-electron chi connectivity index (χ0n) is 11.3. The van der Waals surface area contributed by atoms with Crippen LogP contribution in [0.1, 0.15) is 15.9 Å². The quantitative estimate of drug-likeness (QED) is 0.733. The second kappa shape index (κ2) is 6.49. The molecule has 0 amide bonds. The van der Waals surface area contributed by atoms with Gasteiger partial charge in [-0.1, -0.05) is 12.1 Å². The fraction of sp³-hybridized carbons (Fsp3) is 0.0667. The minimum Gasteiger partial charge on any atom is -0.507 e. The number of carboxylic acids is 2. The topological polar surface area (TPSA) is 120 Å². The fourth-order valence-electron chi connectivity index (χ4n) is 1.73. The molecule has 0 atom stereocenters. The van der Waals surface area contributed by atoms with Crippen molar-refractivity contribution in [3.05, 3.63) is 53.6 Å². The Morgan fingerprint density at radius 3 is 2.09 bits per heavy atom. The number of aromatic carboxylic acids is 1. The number of hydrogen-bond acceptors (Lipinski definition) is 5. The van der Waals surface area contributed by atoms with Crippen molar-refractivity contribution in [2.75, 3.05) is 0 Å². The Morgan fingerprint density at radius 2 is 1.50 bits per heavy atom. The average molecular weight is 300 g/mol. The summed E-state index contributed by atoms with van der Waals surface area (Å²) in [6.07, 6.45) is -0.0721. The SMILES string of the molecule is O=C(O)Cc1ccc(N=Nc2ccc(O)c(C(=O)O)c2)cc1. The summed E-state index contributed by atoms with van der Waals surface area (Å²) >= 11 is 0. The summed E-state index contributed by atoms with van der Waals surface area (Å²) in [5.41, 5.74) is 1.17. The van der Waals surface area contributed by atoms with E-state index < -0.39 is 11.9 Å². The van der Waals surface area contributed by atoms with Crippen LogP contribution < -0.4 is 0 Å². The lowest BCUT2D eigenvalue weighted by molar-refractivity contribution is -0.136. The zero-order chi connectivity index (χ0) is 16.1. The highest BCUT2D eigenvalue weighted by Gasteiger charge is 2.09. The maximum atomic E-state index is 10.9. The molecule has 7 nitrogen and oxygen atoms in total. The van der Waals surface area contributed by atoms with Gasteiger partial charge < -0.3 is 15.3 Å². The molecule has 0 radical (unpaired) electrons. The number of phenols is 1. The summed E-state index contributed by atoms with van der Waals surface area (Å²) < 4.78 is 0. The van der Waals surface area contributed by atoms with E-state index in [9.17, 15) is 14.7 Å². The summed E-state index contributed by atoms with van der Waals surface area (Å²) in [6.45, 7) is 0. The van der Waals surface area contributed by atoms with Crippen LogP contribution in [-0.4, -0.2) is 27.3 Å². The number of nitrogens with zero attached hydrogens (tertiary/aromatic N) is 2. The van der Waals surface area contributed by atoms with E-state index in [1.807, 2.05) is 0 Å². The molecule has 0 saturated heterocycles. The van der Waals surface area contributed by atoms with Gasteiger partial charge in [0.05, 0.1) is 17.8 Å². The summed E-state index contributed by atoms with van der Waals surface area (Å²) in [5.74, 6) is -2.52. The van der Waals surface area contributed by atoms with Crippen LogP contribution in [0.4, 0.5) is 11.4 Å². The molecular formula is C15H12N2O5. The van der Waals surface area contributed by atoms with Crippen molar-refractivity contribution in [1.82, 2.24) is 0 Å². The van der Waals surface area contributed by atoms with Crippen molar-refractivity contribution in [1.29, 1.82) is 0 Å². The molecule has 0 aliphatic heterocycles. The summed E-state index contributed by atoms with van der Waals surface area (Å²) in [5, 5.41) is 34.8. The van der Waals surface area contributed by atoms with Crippen LogP contribution >= 0.6 is 0 Å². The van der Waals surface area contributed by atoms with E-state index in [-0.39, 0.29) is 23.4 Å². The monoisotopic (exact) mass is 300 g/mol. The van der Waals surface area contributed by atoms with Gasteiger partial charge in [0.25, 0.3) is 0 Å². The molecule has 3 N–H and O–H groups in total. The number of hydrogen-bond donors (Lipinski definition) is 3. The van der Waals surface area contributed by atoms with Crippen molar-refractivity contribution in [2.45, 2.75) is 6.42 Å². The molecule has 0 bridgehead atoms. The van der Waals surface area contributed by atoms with Gasteiger partial charge in [-0.05, 0) is 35.9 Å². The lowest BCUT2D eigenvalue weighted by atomic mass is 10.1. The highest BCUT2D eigenvalue weighted by molar-refractivity contribution is 5.91. The van der Waals surface area contributed by atoms with Crippen LogP contribution in [-0.2, 0) is 11.2 Å². The van der Waals surface area contributed by atoms with Crippen molar-refractivity contribution in [3.8, 4) is 5.75 Å². The van der Waals surface area contributed by atoms with Gasteiger partial charge in [0.1, 0.15) is 11.3 Å². The van der Waals surface area contributed by atoms with Gasteiger partial charge in [0, 0.05) is 0 Å². The normalized spacial score (nSPS) is 10.7. The molecule has 0 aromatic heterocycles. The molecule has 112 valence electrons. The number of aromatic hydroxyl groups is 1. The minimum atomic E-state index is -1.26. The summed E-state index contributed by atoms with van der Waals surface area (Å²) in [7, 11) is 0. The largest absolute Gasteiger partial charge is 0.507 e. The molecule has 0 aliphatic carbocycles. The van der Waals surface area contributed by atoms with E-state index in [1.54, 1.807) is 24.3 Å². The minimum absolute atomic E-state index is 0.0721. The molecule has 0 spiro atoms. The van der Waals surface area contributed by atoms with Crippen molar-refractivity contribution < 1.29 is 24.9 Å². The number of benzene rings is 2. The zero-order valence-corrected chi connectivity index (χ0v) is 11.3. The Balaban J connectivity index is 2.16. The third-order valence-electron chi connectivity index (χ3n) is 2.78. The van der Waals surface area contributed by atoms with Gasteiger partial charge in [-0.25, -0.2) is 4.79 Å². The molecule has 2 rings (SSSR count). The first-order valence-corrected chi connectivity index (χ1v) is 6.24. The number of aliphatic carboxylic acids is 1. The standard InChI is InChI=1S/C15H12N2O5/c18-13-6-5-11(8-12(13)15(21)22)17-16-10-3-1-9(2-4-10)7-14(19)20/h1-6,8,18H,7H2,(H,19,20)(H,21,22). The molecule has 0 fully saturated rings. The van der Waals surface area contributed by atoms with Gasteiger partial charge in [-0.15, -0.1) is 0 Å². The Kier molecular flexibility index (Phi) is 4.47. The van der Waals surface area contributed by atoms with Crippen LogP contribution in [0, 0.1) is 0 Å². The first-order chi connectivity index (χ1) is 10.5. The lowest BCUT2D eigenvalue weighted by Gasteiger charge is -2.00. The number of carbonyl (C=O) groups is 2. The van der Waals surface area contributed by atoms with Crippen LogP contribution in [0.15, 0.2) is 52.7 Å². The van der Waals surface area contributed by atoms with Gasteiger partial charge >= 0.3 is 11.9 Å². The first-order valence-electron chi connectivity index (χ1n) is 6.24. The van der Waals surface area contributed by atoms with Crippen LogP contribution in [0.5, 0.6) is 5.75 Å². The fourth-order valence-corrected chi connectivity index (χ4v) is 1.73. The maximum absolute atomic E-state index is 10.9. The molecular weight excluding hydrogens is 288 g/mol. The van der Waals surface area contributed by atoms with E-state index in [4.69, 9.17) is 10.2 Å². The highest BCUT2D eigenvalue weighted by Crippen LogP contribution is 2.25. The Labute approximate surface area is 125 Å². The molecule has 0 aliphatic rings. The molecule has 22 heavy (non-hydrogen) atoms. The van der Waals surface area contributed by atoms with E-state index in [1.165, 1.54) is 18.2 Å². The lowest BCUT2D eigenvalue weighted by Crippen LogP contribution is -1.99. The van der Waals surface area contributed by atoms with E-state index in [0.717, 1.165) is 0 Å². The van der Waals surface area contributed by atoms with E-state index >= 15 is 0 Å². The third kappa shape index (κ3) is 3.89. The van der Waals surface area contributed by atoms with Gasteiger partial charge in [-0.3, -0.25) is 4.79 Å². The highest BCUT2D eigenvalue weighted by atomic mass is 16.4. The molecule has 0 unspecified atom stereocenters. The summed E-state index contributed by atoms with van der Waals surface area (Å²) in [4.78, 5) is 21.5. The summed E-state index contributed by atoms with van der Waals surface area (Å²) in [6, 6.07) is 10.3. The Bertz CT molecular complexity index is 738. The maximum Gasteiger partial charge on any atom is 0.339 e. The second-order valence-corrected chi connectivity index (χ2v) is 4.44. The van der Waals surface area contributed by atoms with Crippen LogP contribution in [0.25, 0.3) is 0 Å². The number of azo groups is 1. The van der Waals surface area contributed by atoms with E-state index in [2.05, 4.69) is 10.2 Å². The Hall–Kier alpha value is -3.22. The molecule has 0 heterocycles. The smallest absolute Gasteiger partial charge is 0.339 e. The van der Waals surface area contributed by atoms with Crippen molar-refractivity contribution in [3.63, 3.8) is 0 Å². The third-order valence-corrected chi connectivity index (χ3v) is 2.78. The predicted octanol–water partition coefficient (Wildman–Crippen LogP) is 3.13. The predicted molar refractivity (Wildman–Crippen MR) is 77.0 cm³/mol. The van der Waals surface area contributed by atoms with Gasteiger partial charge in [0.2, 0.25) is 0 Å². The van der Waals surface area contributed by atoms with E-state index in [0.29, 0.717) is 11.3 Å².